The summed E-state index contributed by atoms with van der Waals surface area (Å²) in [6, 6.07) is 0. The normalized spacial score (nSPS) is 22.3. The maximum atomic E-state index is 12.8. The summed E-state index contributed by atoms with van der Waals surface area (Å²) >= 11 is 0. The monoisotopic (exact) mass is 877 g/mol. The summed E-state index contributed by atoms with van der Waals surface area (Å²) in [6.07, 6.45) is 26.6. The Balaban J connectivity index is 2.45. The van der Waals surface area contributed by atoms with E-state index in [1.54, 1.807) is 0 Å². The first-order chi connectivity index (χ1) is 28.9. The van der Waals surface area contributed by atoms with Crippen molar-refractivity contribution in [2.75, 3.05) is 13.2 Å². The molecular weight excluding hydrogens is 791 g/mol. The molecule has 0 saturated heterocycles. The quantitative estimate of drug-likeness (QED) is 0.0147. The van der Waals surface area contributed by atoms with Crippen molar-refractivity contribution in [2.45, 2.75) is 243 Å². The van der Waals surface area contributed by atoms with Gasteiger partial charge in [-0.15, -0.1) is 0 Å². The Kier molecular flexibility index (Phi) is 34.5. The van der Waals surface area contributed by atoms with Crippen molar-refractivity contribution in [3.8, 4) is 0 Å². The zero-order valence-corrected chi connectivity index (χ0v) is 38.2. The molecule has 0 amide bonds. The van der Waals surface area contributed by atoms with Crippen LogP contribution in [0.5, 0.6) is 0 Å². The minimum atomic E-state index is -5.12. The number of hydrogen-bond acceptors (Lipinski definition) is 12. The Morgan fingerprint density at radius 1 is 0.500 bits per heavy atom. The fourth-order valence-corrected chi connectivity index (χ4v) is 8.13. The van der Waals surface area contributed by atoms with Crippen molar-refractivity contribution < 1.29 is 63.1 Å². The van der Waals surface area contributed by atoms with E-state index in [0.717, 1.165) is 70.6 Å². The van der Waals surface area contributed by atoms with Gasteiger partial charge in [-0.25, -0.2) is 4.57 Å². The van der Waals surface area contributed by atoms with Gasteiger partial charge in [0.1, 0.15) is 43.2 Å². The summed E-state index contributed by atoms with van der Waals surface area (Å²) in [6.45, 7) is 3.28. The van der Waals surface area contributed by atoms with Crippen molar-refractivity contribution in [3.05, 3.63) is 24.3 Å². The first-order valence-electron chi connectivity index (χ1n) is 23.6. The third-order valence-corrected chi connectivity index (χ3v) is 12.0. The van der Waals surface area contributed by atoms with Gasteiger partial charge >= 0.3 is 19.8 Å². The van der Waals surface area contributed by atoms with Crippen LogP contribution in [0.25, 0.3) is 0 Å². The number of aliphatic hydroxyl groups is 5. The summed E-state index contributed by atoms with van der Waals surface area (Å²) in [7, 11) is -5.12. The van der Waals surface area contributed by atoms with Crippen LogP contribution >= 0.6 is 7.82 Å². The molecule has 0 heterocycles. The van der Waals surface area contributed by atoms with Crippen LogP contribution in [0.15, 0.2) is 24.3 Å². The van der Waals surface area contributed by atoms with Crippen molar-refractivity contribution in [1.82, 2.24) is 0 Å². The molecule has 0 radical (unpaired) electrons. The summed E-state index contributed by atoms with van der Waals surface area (Å²) in [4.78, 5) is 35.7. The van der Waals surface area contributed by atoms with Gasteiger partial charge in [-0.05, 0) is 64.2 Å². The van der Waals surface area contributed by atoms with E-state index in [0.29, 0.717) is 12.8 Å². The molecule has 14 heteroatoms. The highest BCUT2D eigenvalue weighted by atomic mass is 31.2. The first-order valence-corrected chi connectivity index (χ1v) is 25.1. The number of ether oxygens (including phenoxy) is 2. The molecule has 0 aromatic rings. The Bertz CT molecular complexity index is 1150. The number of carbonyl (C=O) groups is 2. The molecule has 13 nitrogen and oxygen atoms in total. The van der Waals surface area contributed by atoms with E-state index in [2.05, 4.69) is 38.2 Å². The van der Waals surface area contributed by atoms with Crippen LogP contribution in [0.4, 0.5) is 0 Å². The van der Waals surface area contributed by atoms with Gasteiger partial charge in [0.15, 0.2) is 6.10 Å². The molecule has 0 aromatic heterocycles. The lowest BCUT2D eigenvalue weighted by atomic mass is 9.85. The van der Waals surface area contributed by atoms with Crippen LogP contribution in [0, 0.1) is 0 Å². The van der Waals surface area contributed by atoms with Crippen LogP contribution in [-0.2, 0) is 32.7 Å². The zero-order chi connectivity index (χ0) is 44.3. The van der Waals surface area contributed by atoms with Gasteiger partial charge in [0.05, 0.1) is 6.61 Å². The summed E-state index contributed by atoms with van der Waals surface area (Å²) < 4.78 is 33.5. The Hall–Kier alpha value is -1.67. The van der Waals surface area contributed by atoms with Crippen LogP contribution in [-0.4, -0.2) is 98.3 Å². The van der Waals surface area contributed by atoms with Gasteiger partial charge in [-0.3, -0.25) is 18.6 Å². The molecule has 1 aliphatic carbocycles. The molecule has 0 aromatic carbocycles. The number of phosphoric acid groups is 1. The minimum absolute atomic E-state index is 0.0918. The third kappa shape index (κ3) is 28.8. The lowest BCUT2D eigenvalue weighted by Crippen LogP contribution is -2.64. The van der Waals surface area contributed by atoms with Crippen molar-refractivity contribution in [2.24, 2.45) is 0 Å². The van der Waals surface area contributed by atoms with Crippen molar-refractivity contribution >= 4 is 19.8 Å². The highest BCUT2D eigenvalue weighted by Gasteiger charge is 2.51. The SMILES string of the molecule is CCCCCC/C=C\CCCCCCCC(=O)OCC(COP(=O)(O)OC1C(O)C(O)C(O)C(O)C1O)OC(=O)CCCCCCCCC/C=C\CCCCCCCCC. The molecule has 1 rings (SSSR count). The molecule has 0 bridgehead atoms. The highest BCUT2D eigenvalue weighted by molar-refractivity contribution is 7.47. The Labute approximate surface area is 362 Å². The van der Waals surface area contributed by atoms with E-state index in [-0.39, 0.29) is 12.8 Å². The van der Waals surface area contributed by atoms with Crippen LogP contribution in [0.1, 0.15) is 200 Å². The number of allylic oxidation sites excluding steroid dienone is 4. The standard InChI is InChI=1S/C46H85O13P/c1-3-5-7-9-11-13-15-17-18-19-20-21-23-25-27-29-31-33-35-40(48)58-38(37-57-60(54,55)59-46-44(52)42(50)41(49)43(51)45(46)53)36-56-39(47)34-32-30-28-26-24-22-16-14-12-10-8-6-4-2/h14,16,18-19,38,41-46,49-53H,3-13,15,17,20-37H2,1-2H3,(H,54,55)/b16-14-,19-18-. The van der Waals surface area contributed by atoms with E-state index >= 15 is 0 Å². The summed E-state index contributed by atoms with van der Waals surface area (Å²) in [5, 5.41) is 50.1. The molecule has 352 valence electrons. The average Bonchev–Trinajstić information content (AvgIpc) is 3.23. The second-order valence-corrected chi connectivity index (χ2v) is 18.0. The van der Waals surface area contributed by atoms with Gasteiger partial charge in [-0.1, -0.05) is 147 Å². The first kappa shape index (κ1) is 56.3. The van der Waals surface area contributed by atoms with Crippen LogP contribution < -0.4 is 0 Å². The van der Waals surface area contributed by atoms with Crippen LogP contribution in [0.2, 0.25) is 0 Å². The molecule has 6 unspecified atom stereocenters. The number of aliphatic hydroxyl groups excluding tert-OH is 5. The topological polar surface area (TPSA) is 210 Å². The summed E-state index contributed by atoms with van der Waals surface area (Å²) in [5.74, 6) is -1.11. The minimum Gasteiger partial charge on any atom is -0.462 e. The number of rotatable bonds is 39. The lowest BCUT2D eigenvalue weighted by Gasteiger charge is -2.41. The molecule has 6 N–H and O–H groups in total. The molecular formula is C46H85O13P. The third-order valence-electron chi connectivity index (χ3n) is 11.0. The maximum absolute atomic E-state index is 12.8. The largest absolute Gasteiger partial charge is 0.472 e. The number of esters is 2. The molecule has 1 aliphatic rings. The smallest absolute Gasteiger partial charge is 0.462 e. The summed E-state index contributed by atoms with van der Waals surface area (Å²) in [5.41, 5.74) is 0. The van der Waals surface area contributed by atoms with Gasteiger partial charge in [0.2, 0.25) is 0 Å². The molecule has 0 spiro atoms. The fraction of sp³-hybridized carbons (Fsp3) is 0.870. The predicted octanol–water partition coefficient (Wildman–Crippen LogP) is 9.23. The highest BCUT2D eigenvalue weighted by Crippen LogP contribution is 2.47. The molecule has 60 heavy (non-hydrogen) atoms. The van der Waals surface area contributed by atoms with Crippen molar-refractivity contribution in [1.29, 1.82) is 0 Å². The Morgan fingerprint density at radius 3 is 1.28 bits per heavy atom. The number of unbranched alkanes of at least 4 members (excludes halogenated alkanes) is 23. The molecule has 0 aliphatic heterocycles. The van der Waals surface area contributed by atoms with E-state index in [1.807, 2.05) is 0 Å². The van der Waals surface area contributed by atoms with Gasteiger partial charge < -0.3 is 39.9 Å². The number of phosphoric ester groups is 1. The van der Waals surface area contributed by atoms with Gasteiger partial charge in [-0.2, -0.15) is 0 Å². The number of carbonyl (C=O) groups excluding carboxylic acids is 2. The van der Waals surface area contributed by atoms with E-state index in [1.165, 1.54) is 89.9 Å². The maximum Gasteiger partial charge on any atom is 0.472 e. The van der Waals surface area contributed by atoms with E-state index in [4.69, 9.17) is 18.5 Å². The van der Waals surface area contributed by atoms with E-state index < -0.39 is 75.7 Å². The molecule has 6 atom stereocenters. The second-order valence-electron chi connectivity index (χ2n) is 16.6. The van der Waals surface area contributed by atoms with Crippen molar-refractivity contribution in [3.63, 3.8) is 0 Å². The molecule has 1 fully saturated rings. The van der Waals surface area contributed by atoms with E-state index in [9.17, 15) is 44.6 Å². The Morgan fingerprint density at radius 2 is 0.850 bits per heavy atom. The second kappa shape index (κ2) is 36.8. The van der Waals surface area contributed by atoms with Gasteiger partial charge in [0, 0.05) is 12.8 Å². The van der Waals surface area contributed by atoms with Crippen LogP contribution in [0.3, 0.4) is 0 Å². The predicted molar refractivity (Wildman–Crippen MR) is 235 cm³/mol. The zero-order valence-electron chi connectivity index (χ0n) is 37.3. The average molecular weight is 877 g/mol. The lowest BCUT2D eigenvalue weighted by molar-refractivity contribution is -0.220. The number of hydrogen-bond donors (Lipinski definition) is 6. The molecule has 1 saturated carbocycles. The fourth-order valence-electron chi connectivity index (χ4n) is 7.16. The van der Waals surface area contributed by atoms with Gasteiger partial charge in [0.25, 0.3) is 0 Å².